The summed E-state index contributed by atoms with van der Waals surface area (Å²) in [4.78, 5) is 2.14. The van der Waals surface area contributed by atoms with E-state index in [1.807, 2.05) is 0 Å². The Morgan fingerprint density at radius 1 is 1.05 bits per heavy atom. The van der Waals surface area contributed by atoms with E-state index in [0.29, 0.717) is 24.9 Å². The third kappa shape index (κ3) is 4.85. The first kappa shape index (κ1) is 17.1. The molecule has 2 rings (SSSR count). The van der Waals surface area contributed by atoms with Gasteiger partial charge in [-0.3, -0.25) is 4.90 Å². The zero-order valence-corrected chi connectivity index (χ0v) is 13.1. The van der Waals surface area contributed by atoms with E-state index in [0.717, 1.165) is 38.8 Å². The van der Waals surface area contributed by atoms with Gasteiger partial charge in [-0.05, 0) is 45.2 Å². The molecule has 0 spiro atoms. The second-order valence-corrected chi connectivity index (χ2v) is 6.64. The van der Waals surface area contributed by atoms with Crippen LogP contribution in [0, 0.1) is 5.92 Å². The number of rotatable bonds is 4. The molecular weight excluding hydrogens is 277 g/mol. The van der Waals surface area contributed by atoms with Crippen LogP contribution < -0.4 is 5.32 Å². The molecule has 3 atom stereocenters. The molecule has 1 N–H and O–H groups in total. The summed E-state index contributed by atoms with van der Waals surface area (Å²) in [6, 6.07) is 0.670. The maximum atomic E-state index is 13.0. The Balaban J connectivity index is 2.01. The topological polar surface area (TPSA) is 15.3 Å². The average molecular weight is 306 g/mol. The second-order valence-electron chi connectivity index (χ2n) is 6.64. The maximum Gasteiger partial charge on any atom is 0.393 e. The third-order valence-corrected chi connectivity index (χ3v) is 5.02. The lowest BCUT2D eigenvalue weighted by Crippen LogP contribution is -2.54. The van der Waals surface area contributed by atoms with Crippen LogP contribution in [0.2, 0.25) is 0 Å². The van der Waals surface area contributed by atoms with E-state index in [-0.39, 0.29) is 6.54 Å². The highest BCUT2D eigenvalue weighted by atomic mass is 19.4. The molecule has 0 aromatic heterocycles. The highest BCUT2D eigenvalue weighted by molar-refractivity contribution is 4.90. The van der Waals surface area contributed by atoms with Gasteiger partial charge in [0.25, 0.3) is 0 Å². The van der Waals surface area contributed by atoms with Crippen LogP contribution in [-0.4, -0.2) is 42.8 Å². The molecule has 1 saturated carbocycles. The molecule has 2 aliphatic rings. The minimum Gasteiger partial charge on any atom is -0.312 e. The van der Waals surface area contributed by atoms with Crippen LogP contribution in [0.5, 0.6) is 0 Å². The maximum absolute atomic E-state index is 13.0. The van der Waals surface area contributed by atoms with Gasteiger partial charge in [-0.1, -0.05) is 26.2 Å². The largest absolute Gasteiger partial charge is 0.393 e. The quantitative estimate of drug-likeness (QED) is 0.791. The summed E-state index contributed by atoms with van der Waals surface area (Å²) < 4.78 is 39.1. The number of halogens is 3. The fraction of sp³-hybridized carbons (Fsp3) is 1.00. The van der Waals surface area contributed by atoms with Crippen molar-refractivity contribution in [2.45, 2.75) is 76.6 Å². The minimum atomic E-state index is -4.03. The molecule has 124 valence electrons. The molecule has 2 fully saturated rings. The minimum absolute atomic E-state index is 0.207. The van der Waals surface area contributed by atoms with Crippen LogP contribution in [0.4, 0.5) is 13.2 Å². The van der Waals surface area contributed by atoms with Crippen molar-refractivity contribution >= 4 is 0 Å². The molecule has 3 unspecified atom stereocenters. The molecule has 0 aromatic carbocycles. The number of alkyl halides is 3. The fourth-order valence-electron chi connectivity index (χ4n) is 3.87. The summed E-state index contributed by atoms with van der Waals surface area (Å²) in [5, 5.41) is 3.59. The zero-order chi connectivity index (χ0) is 15.3. The summed E-state index contributed by atoms with van der Waals surface area (Å²) in [6.07, 6.45) is 3.77. The smallest absolute Gasteiger partial charge is 0.312 e. The second kappa shape index (κ2) is 7.82. The number of likely N-dealkylation sites (tertiary alicyclic amines) is 1. The van der Waals surface area contributed by atoms with Crippen LogP contribution in [0.15, 0.2) is 0 Å². The molecule has 1 aliphatic carbocycles. The molecular formula is C16H29F3N2. The Hall–Kier alpha value is -0.290. The molecule has 5 heteroatoms. The highest BCUT2D eigenvalue weighted by Gasteiger charge is 2.43. The Morgan fingerprint density at radius 3 is 2.52 bits per heavy atom. The van der Waals surface area contributed by atoms with E-state index in [4.69, 9.17) is 0 Å². The lowest BCUT2D eigenvalue weighted by atomic mass is 9.92. The molecule has 1 aliphatic heterocycles. The van der Waals surface area contributed by atoms with Gasteiger partial charge in [-0.2, -0.15) is 13.2 Å². The summed E-state index contributed by atoms with van der Waals surface area (Å²) in [7, 11) is 0. The number of piperidine rings is 1. The Labute approximate surface area is 126 Å². The van der Waals surface area contributed by atoms with Gasteiger partial charge in [0, 0.05) is 18.6 Å². The van der Waals surface area contributed by atoms with Crippen molar-refractivity contribution in [3.63, 3.8) is 0 Å². The monoisotopic (exact) mass is 306 g/mol. The Kier molecular flexibility index (Phi) is 6.35. The number of nitrogens with zero attached hydrogens (tertiary/aromatic N) is 1. The molecule has 21 heavy (non-hydrogen) atoms. The van der Waals surface area contributed by atoms with Crippen molar-refractivity contribution < 1.29 is 13.2 Å². The number of hydrogen-bond donors (Lipinski definition) is 1. The average Bonchev–Trinajstić information content (AvgIpc) is 2.69. The van der Waals surface area contributed by atoms with Crippen molar-refractivity contribution in [3.8, 4) is 0 Å². The van der Waals surface area contributed by atoms with Crippen molar-refractivity contribution in [2.75, 3.05) is 19.6 Å². The lowest BCUT2D eigenvalue weighted by molar-refractivity contribution is -0.189. The first-order valence-electron chi connectivity index (χ1n) is 8.56. The van der Waals surface area contributed by atoms with E-state index >= 15 is 0 Å². The van der Waals surface area contributed by atoms with Crippen LogP contribution in [0.3, 0.4) is 0 Å². The standard InChI is InChI=1S/C16H29F3N2/c1-2-10-20-14-8-4-3-5-9-15(14)21-11-6-7-13(12-21)16(17,18)19/h13-15,20H,2-12H2,1H3. The molecule has 2 nitrogen and oxygen atoms in total. The lowest BCUT2D eigenvalue weighted by Gasteiger charge is -2.42. The predicted molar refractivity (Wildman–Crippen MR) is 79.3 cm³/mol. The van der Waals surface area contributed by atoms with Gasteiger partial charge in [0.05, 0.1) is 5.92 Å². The van der Waals surface area contributed by atoms with E-state index in [1.165, 1.54) is 12.8 Å². The normalized spacial score (nSPS) is 32.9. The van der Waals surface area contributed by atoms with Gasteiger partial charge >= 0.3 is 6.18 Å². The Morgan fingerprint density at radius 2 is 1.81 bits per heavy atom. The van der Waals surface area contributed by atoms with Crippen molar-refractivity contribution in [1.82, 2.24) is 10.2 Å². The van der Waals surface area contributed by atoms with Gasteiger partial charge in [0.2, 0.25) is 0 Å². The summed E-state index contributed by atoms with van der Waals surface area (Å²) in [5.74, 6) is -1.12. The molecule has 1 saturated heterocycles. The summed E-state index contributed by atoms with van der Waals surface area (Å²) >= 11 is 0. The molecule has 0 bridgehead atoms. The summed E-state index contributed by atoms with van der Waals surface area (Å²) in [5.41, 5.74) is 0. The zero-order valence-electron chi connectivity index (χ0n) is 13.1. The van der Waals surface area contributed by atoms with Gasteiger partial charge in [0.1, 0.15) is 0 Å². The SMILES string of the molecule is CCCNC1CCCCCC1N1CCCC(C(F)(F)F)C1. The van der Waals surface area contributed by atoms with Gasteiger partial charge in [-0.15, -0.1) is 0 Å². The third-order valence-electron chi connectivity index (χ3n) is 5.02. The fourth-order valence-corrected chi connectivity index (χ4v) is 3.87. The van der Waals surface area contributed by atoms with Gasteiger partial charge in [0.15, 0.2) is 0 Å². The van der Waals surface area contributed by atoms with E-state index in [2.05, 4.69) is 17.1 Å². The van der Waals surface area contributed by atoms with Crippen molar-refractivity contribution in [2.24, 2.45) is 5.92 Å². The van der Waals surface area contributed by atoms with Crippen LogP contribution in [0.1, 0.15) is 58.3 Å². The van der Waals surface area contributed by atoms with E-state index in [9.17, 15) is 13.2 Å². The highest BCUT2D eigenvalue weighted by Crippen LogP contribution is 2.35. The van der Waals surface area contributed by atoms with Gasteiger partial charge < -0.3 is 5.32 Å². The first-order valence-corrected chi connectivity index (χ1v) is 8.56. The molecule has 0 amide bonds. The molecule has 0 radical (unpaired) electrons. The van der Waals surface area contributed by atoms with Crippen LogP contribution >= 0.6 is 0 Å². The summed E-state index contributed by atoms with van der Waals surface area (Å²) in [6.45, 7) is 4.15. The van der Waals surface area contributed by atoms with Crippen LogP contribution in [-0.2, 0) is 0 Å². The van der Waals surface area contributed by atoms with Crippen LogP contribution in [0.25, 0.3) is 0 Å². The predicted octanol–water partition coefficient (Wildman–Crippen LogP) is 3.96. The number of hydrogen-bond acceptors (Lipinski definition) is 2. The van der Waals surface area contributed by atoms with Gasteiger partial charge in [-0.25, -0.2) is 0 Å². The molecule has 0 aromatic rings. The van der Waals surface area contributed by atoms with Crippen molar-refractivity contribution in [3.05, 3.63) is 0 Å². The van der Waals surface area contributed by atoms with Crippen molar-refractivity contribution in [1.29, 1.82) is 0 Å². The first-order chi connectivity index (χ1) is 10.0. The molecule has 1 heterocycles. The van der Waals surface area contributed by atoms with E-state index in [1.54, 1.807) is 0 Å². The number of nitrogens with one attached hydrogen (secondary N) is 1. The van der Waals surface area contributed by atoms with E-state index < -0.39 is 12.1 Å². The Bertz CT molecular complexity index is 306.